The Balaban J connectivity index is 2.20. The van der Waals surface area contributed by atoms with Gasteiger partial charge in [-0.3, -0.25) is 4.79 Å². The van der Waals surface area contributed by atoms with Crippen LogP contribution in [0.25, 0.3) is 0 Å². The highest BCUT2D eigenvalue weighted by Crippen LogP contribution is 2.25. The minimum absolute atomic E-state index is 0.200. The molecule has 1 amide bonds. The highest BCUT2D eigenvalue weighted by molar-refractivity contribution is 9.10. The summed E-state index contributed by atoms with van der Waals surface area (Å²) in [5.41, 5.74) is 6.35. The van der Waals surface area contributed by atoms with Crippen molar-refractivity contribution in [3.63, 3.8) is 0 Å². The van der Waals surface area contributed by atoms with Crippen LogP contribution in [-0.4, -0.2) is 10.9 Å². The first kappa shape index (κ1) is 12.1. The Morgan fingerprint density at radius 3 is 2.94 bits per heavy atom. The molecule has 0 bridgehead atoms. The predicted molar refractivity (Wildman–Crippen MR) is 73.4 cm³/mol. The molecular weight excluding hydrogens is 302 g/mol. The van der Waals surface area contributed by atoms with E-state index >= 15 is 0 Å². The average Bonchev–Trinajstić information content (AvgIpc) is 2.63. The van der Waals surface area contributed by atoms with E-state index in [1.165, 1.54) is 11.3 Å². The summed E-state index contributed by atoms with van der Waals surface area (Å²) in [6, 6.07) is 5.27. The zero-order valence-electron chi connectivity index (χ0n) is 9.03. The Hall–Kier alpha value is -1.40. The van der Waals surface area contributed by atoms with Crippen LogP contribution in [0.15, 0.2) is 28.9 Å². The number of nitrogen functional groups attached to an aromatic ring is 1. The van der Waals surface area contributed by atoms with Crippen LogP contribution in [-0.2, 0) is 0 Å². The van der Waals surface area contributed by atoms with E-state index < -0.39 is 0 Å². The molecule has 17 heavy (non-hydrogen) atoms. The average molecular weight is 312 g/mol. The summed E-state index contributed by atoms with van der Waals surface area (Å²) >= 11 is 4.69. The van der Waals surface area contributed by atoms with Crippen molar-refractivity contribution in [3.8, 4) is 0 Å². The van der Waals surface area contributed by atoms with Gasteiger partial charge in [0.2, 0.25) is 0 Å². The topological polar surface area (TPSA) is 68.0 Å². The molecule has 2 heterocycles. The smallest absolute Gasteiger partial charge is 0.266 e. The molecule has 0 aromatic carbocycles. The lowest BCUT2D eigenvalue weighted by Gasteiger charge is -2.03. The molecule has 0 aliphatic rings. The van der Waals surface area contributed by atoms with Crippen LogP contribution in [0.1, 0.15) is 14.5 Å². The monoisotopic (exact) mass is 311 g/mol. The quantitative estimate of drug-likeness (QED) is 0.895. The number of halogens is 1. The summed E-state index contributed by atoms with van der Waals surface area (Å²) in [5, 5.41) is 2.72. The molecule has 2 rings (SSSR count). The van der Waals surface area contributed by atoms with Gasteiger partial charge in [0, 0.05) is 16.8 Å². The number of carbonyl (C=O) groups excluding carboxylic acids is 1. The molecule has 4 nitrogen and oxygen atoms in total. The zero-order chi connectivity index (χ0) is 12.4. The summed E-state index contributed by atoms with van der Waals surface area (Å²) in [5.74, 6) is 0.302. The van der Waals surface area contributed by atoms with Crippen molar-refractivity contribution in [1.82, 2.24) is 4.98 Å². The zero-order valence-corrected chi connectivity index (χ0v) is 11.4. The molecule has 2 aromatic heterocycles. The standard InChI is InChI=1S/C11H10BrN3OS/c1-6-8(13)5-9(17-6)11(16)15-10-7(12)3-2-4-14-10/h2-5H,13H2,1H3,(H,14,15,16). The van der Waals surface area contributed by atoms with Crippen molar-refractivity contribution in [1.29, 1.82) is 0 Å². The second-order valence-electron chi connectivity index (χ2n) is 3.41. The maximum Gasteiger partial charge on any atom is 0.266 e. The lowest BCUT2D eigenvalue weighted by molar-refractivity contribution is 0.103. The van der Waals surface area contributed by atoms with Gasteiger partial charge >= 0.3 is 0 Å². The number of pyridine rings is 1. The van der Waals surface area contributed by atoms with Crippen molar-refractivity contribution in [2.45, 2.75) is 6.92 Å². The van der Waals surface area contributed by atoms with Crippen LogP contribution in [0.5, 0.6) is 0 Å². The van der Waals surface area contributed by atoms with Gasteiger partial charge in [0.25, 0.3) is 5.91 Å². The Morgan fingerprint density at radius 1 is 1.59 bits per heavy atom. The molecule has 0 aliphatic heterocycles. The Bertz CT molecular complexity index is 548. The van der Waals surface area contributed by atoms with Gasteiger partial charge in [0.1, 0.15) is 5.82 Å². The lowest BCUT2D eigenvalue weighted by atomic mass is 10.3. The third kappa shape index (κ3) is 2.65. The fraction of sp³-hybridized carbons (Fsp3) is 0.0909. The van der Waals surface area contributed by atoms with Crippen LogP contribution in [0.2, 0.25) is 0 Å². The van der Waals surface area contributed by atoms with Gasteiger partial charge in [0.05, 0.1) is 9.35 Å². The molecule has 6 heteroatoms. The number of carbonyl (C=O) groups is 1. The molecular formula is C11H10BrN3OS. The highest BCUT2D eigenvalue weighted by Gasteiger charge is 2.12. The van der Waals surface area contributed by atoms with Crippen LogP contribution in [0.4, 0.5) is 11.5 Å². The highest BCUT2D eigenvalue weighted by atomic mass is 79.9. The molecule has 88 valence electrons. The van der Waals surface area contributed by atoms with Crippen LogP contribution >= 0.6 is 27.3 Å². The van der Waals surface area contributed by atoms with E-state index in [9.17, 15) is 4.79 Å². The fourth-order valence-electron chi connectivity index (χ4n) is 1.25. The van der Waals surface area contributed by atoms with E-state index in [0.717, 1.165) is 9.35 Å². The van der Waals surface area contributed by atoms with Crippen LogP contribution < -0.4 is 11.1 Å². The lowest BCUT2D eigenvalue weighted by Crippen LogP contribution is -2.11. The van der Waals surface area contributed by atoms with Crippen LogP contribution in [0, 0.1) is 6.92 Å². The summed E-state index contributed by atoms with van der Waals surface area (Å²) < 4.78 is 0.745. The van der Waals surface area contributed by atoms with Gasteiger partial charge in [-0.1, -0.05) is 0 Å². The van der Waals surface area contributed by atoms with E-state index in [1.54, 1.807) is 18.3 Å². The van der Waals surface area contributed by atoms with E-state index in [0.29, 0.717) is 16.4 Å². The number of nitrogens with one attached hydrogen (secondary N) is 1. The normalized spacial score (nSPS) is 10.2. The predicted octanol–water partition coefficient (Wildman–Crippen LogP) is 3.05. The molecule has 0 atom stereocenters. The number of nitrogens with two attached hydrogens (primary N) is 1. The second-order valence-corrected chi connectivity index (χ2v) is 5.52. The van der Waals surface area contributed by atoms with Crippen molar-refractivity contribution in [3.05, 3.63) is 38.6 Å². The van der Waals surface area contributed by atoms with E-state index in [2.05, 4.69) is 26.2 Å². The minimum Gasteiger partial charge on any atom is -0.398 e. The molecule has 0 fully saturated rings. The molecule has 0 saturated carbocycles. The number of hydrogen-bond acceptors (Lipinski definition) is 4. The third-order valence-electron chi connectivity index (χ3n) is 2.17. The summed E-state index contributed by atoms with van der Waals surface area (Å²) in [4.78, 5) is 17.5. The SMILES string of the molecule is Cc1sc(C(=O)Nc2ncccc2Br)cc1N. The number of hydrogen-bond donors (Lipinski definition) is 2. The molecule has 0 unspecified atom stereocenters. The number of aryl methyl sites for hydroxylation is 1. The van der Waals surface area contributed by atoms with E-state index in [-0.39, 0.29) is 5.91 Å². The Labute approximate surface area is 111 Å². The van der Waals surface area contributed by atoms with Gasteiger partial charge in [-0.05, 0) is 41.1 Å². The minimum atomic E-state index is -0.200. The van der Waals surface area contributed by atoms with Crippen molar-refractivity contribution < 1.29 is 4.79 Å². The number of thiophene rings is 1. The van der Waals surface area contributed by atoms with Gasteiger partial charge in [0.15, 0.2) is 0 Å². The first-order valence-electron chi connectivity index (χ1n) is 4.85. The summed E-state index contributed by atoms with van der Waals surface area (Å²) in [7, 11) is 0. The molecule has 2 aromatic rings. The van der Waals surface area contributed by atoms with Crippen LogP contribution in [0.3, 0.4) is 0 Å². The van der Waals surface area contributed by atoms with Gasteiger partial charge in [-0.2, -0.15) is 0 Å². The molecule has 0 saturated heterocycles. The van der Waals surface area contributed by atoms with Gasteiger partial charge < -0.3 is 11.1 Å². The molecule has 0 aliphatic carbocycles. The first-order valence-corrected chi connectivity index (χ1v) is 6.46. The largest absolute Gasteiger partial charge is 0.398 e. The maximum absolute atomic E-state index is 11.9. The maximum atomic E-state index is 11.9. The fourth-order valence-corrected chi connectivity index (χ4v) is 2.45. The number of rotatable bonds is 2. The second kappa shape index (κ2) is 4.85. The number of aromatic nitrogens is 1. The van der Waals surface area contributed by atoms with E-state index in [1.807, 2.05) is 13.0 Å². The van der Waals surface area contributed by atoms with Gasteiger partial charge in [-0.15, -0.1) is 11.3 Å². The Morgan fingerprint density at radius 2 is 2.35 bits per heavy atom. The van der Waals surface area contributed by atoms with Crippen molar-refractivity contribution >= 4 is 44.7 Å². The van der Waals surface area contributed by atoms with Crippen molar-refractivity contribution in [2.24, 2.45) is 0 Å². The third-order valence-corrected chi connectivity index (χ3v) is 3.88. The van der Waals surface area contributed by atoms with Gasteiger partial charge in [-0.25, -0.2) is 4.98 Å². The summed E-state index contributed by atoms with van der Waals surface area (Å²) in [6.45, 7) is 1.88. The number of anilines is 2. The molecule has 3 N–H and O–H groups in total. The Kier molecular flexibility index (Phi) is 3.44. The molecule has 0 spiro atoms. The number of nitrogens with zero attached hydrogens (tertiary/aromatic N) is 1. The first-order chi connectivity index (χ1) is 8.08. The number of amides is 1. The van der Waals surface area contributed by atoms with E-state index in [4.69, 9.17) is 5.73 Å². The molecule has 0 radical (unpaired) electrons. The summed E-state index contributed by atoms with van der Waals surface area (Å²) in [6.07, 6.45) is 1.62. The van der Waals surface area contributed by atoms with Crippen molar-refractivity contribution in [2.75, 3.05) is 11.1 Å².